The Morgan fingerprint density at radius 1 is 1.18 bits per heavy atom. The van der Waals surface area contributed by atoms with Gasteiger partial charge in [0.15, 0.2) is 0 Å². The van der Waals surface area contributed by atoms with Crippen LogP contribution >= 0.6 is 0 Å². The van der Waals surface area contributed by atoms with Crippen molar-refractivity contribution in [3.63, 3.8) is 0 Å². The van der Waals surface area contributed by atoms with Crippen LogP contribution in [0.1, 0.15) is 32.6 Å². The van der Waals surface area contributed by atoms with Gasteiger partial charge in [0.25, 0.3) is 0 Å². The second-order valence-electron chi connectivity index (χ2n) is 5.58. The summed E-state index contributed by atoms with van der Waals surface area (Å²) < 4.78 is 78.8. The van der Waals surface area contributed by atoms with E-state index in [2.05, 4.69) is 10.1 Å². The van der Waals surface area contributed by atoms with Crippen LogP contribution in [0.4, 0.5) is 26.3 Å². The molecule has 0 aromatic heterocycles. The van der Waals surface area contributed by atoms with Crippen LogP contribution < -0.4 is 5.32 Å². The van der Waals surface area contributed by atoms with E-state index in [-0.39, 0.29) is 12.8 Å². The van der Waals surface area contributed by atoms with Gasteiger partial charge in [0, 0.05) is 12.0 Å². The van der Waals surface area contributed by atoms with Crippen LogP contribution in [0.5, 0.6) is 0 Å². The molecule has 0 unspecified atom stereocenters. The molecule has 1 fully saturated rings. The van der Waals surface area contributed by atoms with Gasteiger partial charge in [-0.25, -0.2) is 0 Å². The van der Waals surface area contributed by atoms with Crippen LogP contribution in [0.25, 0.3) is 0 Å². The molecule has 1 amide bonds. The Labute approximate surface area is 124 Å². The van der Waals surface area contributed by atoms with Gasteiger partial charge < -0.3 is 10.1 Å². The predicted molar refractivity (Wildman–Crippen MR) is 66.0 cm³/mol. The number of amides is 1. The highest BCUT2D eigenvalue weighted by Crippen LogP contribution is 2.41. The van der Waals surface area contributed by atoms with Crippen LogP contribution in [-0.2, 0) is 9.53 Å². The van der Waals surface area contributed by atoms with Crippen LogP contribution in [-0.4, -0.2) is 37.5 Å². The van der Waals surface area contributed by atoms with E-state index in [0.717, 1.165) is 0 Å². The second kappa shape index (κ2) is 7.52. The average molecular weight is 335 g/mol. The highest BCUT2D eigenvalue weighted by molar-refractivity contribution is 5.79. The summed E-state index contributed by atoms with van der Waals surface area (Å²) in [6.45, 7) is -0.476. The molecule has 0 aromatic carbocycles. The fourth-order valence-electron chi connectivity index (χ4n) is 2.58. The molecule has 1 aliphatic rings. The fraction of sp³-hybridized carbons (Fsp3) is 0.923. The Morgan fingerprint density at radius 3 is 2.32 bits per heavy atom. The Balaban J connectivity index is 2.48. The first-order chi connectivity index (χ1) is 10.0. The van der Waals surface area contributed by atoms with Crippen molar-refractivity contribution >= 4 is 5.91 Å². The van der Waals surface area contributed by atoms with Gasteiger partial charge in [0.2, 0.25) is 5.91 Å². The van der Waals surface area contributed by atoms with Gasteiger partial charge in [-0.1, -0.05) is 12.8 Å². The minimum Gasteiger partial charge on any atom is -0.370 e. The van der Waals surface area contributed by atoms with E-state index in [0.29, 0.717) is 12.8 Å². The number of carbonyl (C=O) groups is 1. The summed E-state index contributed by atoms with van der Waals surface area (Å²) in [5.41, 5.74) is 0. The van der Waals surface area contributed by atoms with Crippen molar-refractivity contribution in [1.82, 2.24) is 5.32 Å². The number of hydrogen-bond acceptors (Lipinski definition) is 2. The van der Waals surface area contributed by atoms with E-state index < -0.39 is 49.4 Å². The van der Waals surface area contributed by atoms with Crippen molar-refractivity contribution in [2.24, 2.45) is 11.8 Å². The van der Waals surface area contributed by atoms with Gasteiger partial charge in [-0.2, -0.15) is 26.3 Å². The number of ether oxygens (including phenoxy) is 1. The first kappa shape index (κ1) is 19.1. The zero-order chi connectivity index (χ0) is 17.0. The zero-order valence-corrected chi connectivity index (χ0v) is 12.1. The van der Waals surface area contributed by atoms with Crippen LogP contribution in [0.2, 0.25) is 0 Å². The Morgan fingerprint density at radius 2 is 1.77 bits per heavy atom. The summed E-state index contributed by atoms with van der Waals surface area (Å²) >= 11 is 0. The summed E-state index contributed by atoms with van der Waals surface area (Å²) in [6, 6.07) is -0.786. The highest BCUT2D eigenvalue weighted by Gasteiger charge is 2.48. The summed E-state index contributed by atoms with van der Waals surface area (Å²) in [4.78, 5) is 11.9. The van der Waals surface area contributed by atoms with Gasteiger partial charge in [0.05, 0.1) is 12.5 Å². The lowest BCUT2D eigenvalue weighted by atomic mass is 9.78. The van der Waals surface area contributed by atoms with Crippen LogP contribution in [0, 0.1) is 11.8 Å². The molecule has 3 nitrogen and oxygen atoms in total. The quantitative estimate of drug-likeness (QED) is 0.782. The molecular formula is C13H19F6NO2. The molecule has 0 aromatic rings. The third kappa shape index (κ3) is 6.41. The standard InChI is InChI=1S/C13H19F6NO2/c1-8(6-22-7-12(14,15)16)20-11(21)9-4-2-3-5-10(9)13(17,18)19/h8-10H,2-7H2,1H3,(H,20,21)/t8-,9-,10+/m1/s1. The van der Waals surface area contributed by atoms with Gasteiger partial charge in [0.1, 0.15) is 6.61 Å². The van der Waals surface area contributed by atoms with Crippen molar-refractivity contribution in [1.29, 1.82) is 0 Å². The van der Waals surface area contributed by atoms with E-state index in [1.165, 1.54) is 6.92 Å². The molecule has 130 valence electrons. The average Bonchev–Trinajstić information content (AvgIpc) is 2.36. The number of nitrogens with one attached hydrogen (secondary N) is 1. The number of hydrogen-bond donors (Lipinski definition) is 1. The van der Waals surface area contributed by atoms with Crippen molar-refractivity contribution in [3.05, 3.63) is 0 Å². The number of rotatable bonds is 5. The lowest BCUT2D eigenvalue weighted by molar-refractivity contribution is -0.198. The predicted octanol–water partition coefficient (Wildman–Crippen LogP) is 3.44. The maximum Gasteiger partial charge on any atom is 0.411 e. The minimum atomic E-state index is -4.48. The van der Waals surface area contributed by atoms with Crippen molar-refractivity contribution in [2.75, 3.05) is 13.2 Å². The normalized spacial score (nSPS) is 24.9. The maximum atomic E-state index is 12.9. The number of halogens is 6. The minimum absolute atomic E-state index is 0.0967. The topological polar surface area (TPSA) is 38.3 Å². The Kier molecular flexibility index (Phi) is 6.51. The molecule has 0 heterocycles. The summed E-state index contributed by atoms with van der Waals surface area (Å²) in [5, 5.41) is 2.31. The van der Waals surface area contributed by atoms with Crippen molar-refractivity contribution in [3.8, 4) is 0 Å². The monoisotopic (exact) mass is 335 g/mol. The fourth-order valence-corrected chi connectivity index (χ4v) is 2.58. The molecule has 1 saturated carbocycles. The molecule has 1 aliphatic carbocycles. The molecule has 0 spiro atoms. The molecule has 1 N–H and O–H groups in total. The SMILES string of the molecule is C[C@H](COCC(F)(F)F)NC(=O)[C@@H]1CCCC[C@@H]1C(F)(F)F. The smallest absolute Gasteiger partial charge is 0.370 e. The first-order valence-electron chi connectivity index (χ1n) is 7.02. The second-order valence-corrected chi connectivity index (χ2v) is 5.58. The largest absolute Gasteiger partial charge is 0.411 e. The van der Waals surface area contributed by atoms with Gasteiger partial charge in [-0.15, -0.1) is 0 Å². The molecule has 0 saturated heterocycles. The Bertz CT molecular complexity index is 369. The number of alkyl halides is 6. The molecule has 0 aliphatic heterocycles. The van der Waals surface area contributed by atoms with E-state index in [4.69, 9.17) is 0 Å². The Hall–Kier alpha value is -0.990. The molecule has 22 heavy (non-hydrogen) atoms. The van der Waals surface area contributed by atoms with Gasteiger partial charge in [-0.05, 0) is 19.8 Å². The van der Waals surface area contributed by atoms with E-state index in [1.54, 1.807) is 0 Å². The van der Waals surface area contributed by atoms with Gasteiger partial charge in [-0.3, -0.25) is 4.79 Å². The molecule has 3 atom stereocenters. The van der Waals surface area contributed by atoms with Crippen molar-refractivity contribution < 1.29 is 35.9 Å². The highest BCUT2D eigenvalue weighted by atomic mass is 19.4. The lowest BCUT2D eigenvalue weighted by Gasteiger charge is -2.32. The van der Waals surface area contributed by atoms with E-state index in [9.17, 15) is 31.1 Å². The van der Waals surface area contributed by atoms with Gasteiger partial charge >= 0.3 is 12.4 Å². The van der Waals surface area contributed by atoms with E-state index >= 15 is 0 Å². The summed E-state index contributed by atoms with van der Waals surface area (Å²) in [7, 11) is 0. The lowest BCUT2D eigenvalue weighted by Crippen LogP contribution is -2.46. The third-order valence-corrected chi connectivity index (χ3v) is 3.55. The summed E-state index contributed by atoms with van der Waals surface area (Å²) in [6.07, 6.45) is -7.94. The first-order valence-corrected chi connectivity index (χ1v) is 7.02. The maximum absolute atomic E-state index is 12.9. The molecule has 9 heteroatoms. The summed E-state index contributed by atoms with van der Waals surface area (Å²) in [5.74, 6) is -3.64. The third-order valence-electron chi connectivity index (χ3n) is 3.55. The van der Waals surface area contributed by atoms with Crippen molar-refractivity contribution in [2.45, 2.75) is 51.0 Å². The van der Waals surface area contributed by atoms with Crippen LogP contribution in [0.15, 0.2) is 0 Å². The van der Waals surface area contributed by atoms with Crippen LogP contribution in [0.3, 0.4) is 0 Å². The number of carbonyl (C=O) groups excluding carboxylic acids is 1. The van der Waals surface area contributed by atoms with E-state index in [1.807, 2.05) is 0 Å². The molecular weight excluding hydrogens is 316 g/mol. The molecule has 0 bridgehead atoms. The zero-order valence-electron chi connectivity index (χ0n) is 12.1. The molecule has 1 rings (SSSR count). The molecule has 0 radical (unpaired) electrons.